The van der Waals surface area contributed by atoms with E-state index in [0.29, 0.717) is 44.0 Å². The number of hydrogen-bond acceptors (Lipinski definition) is 5. The van der Waals surface area contributed by atoms with Crippen LogP contribution in [0.15, 0.2) is 78.0 Å². The van der Waals surface area contributed by atoms with Crippen molar-refractivity contribution in [2.75, 3.05) is 5.32 Å². The summed E-state index contributed by atoms with van der Waals surface area (Å²) in [5, 5.41) is 4.75. The Kier molecular flexibility index (Phi) is 5.03. The van der Waals surface area contributed by atoms with Crippen LogP contribution in [0.25, 0.3) is 27.5 Å². The molecule has 8 heteroatoms. The number of anilines is 1. The molecule has 1 atom stereocenters. The lowest BCUT2D eigenvalue weighted by Crippen LogP contribution is -2.26. The molecule has 3 aromatic heterocycles. The average Bonchev–Trinajstić information content (AvgIpc) is 2.79. The molecule has 0 amide bonds. The van der Waals surface area contributed by atoms with E-state index in [1.165, 1.54) is 23.0 Å². The van der Waals surface area contributed by atoms with Crippen LogP contribution in [-0.2, 0) is 0 Å². The number of aromatic nitrogens is 4. The monoisotopic (exact) mass is 445 g/mol. The predicted octanol–water partition coefficient (Wildman–Crippen LogP) is 5.29. The van der Waals surface area contributed by atoms with Gasteiger partial charge in [0.05, 0.1) is 27.7 Å². The van der Waals surface area contributed by atoms with Crippen molar-refractivity contribution in [1.82, 2.24) is 19.5 Å². The zero-order valence-corrected chi connectivity index (χ0v) is 17.7. The van der Waals surface area contributed by atoms with E-state index in [1.54, 1.807) is 36.5 Å². The molecule has 32 heavy (non-hydrogen) atoms. The zero-order chi connectivity index (χ0) is 22.2. The second-order valence-electron chi connectivity index (χ2n) is 7.35. The highest BCUT2D eigenvalue weighted by Gasteiger charge is 2.19. The van der Waals surface area contributed by atoms with Crippen LogP contribution in [0.1, 0.15) is 18.7 Å². The first-order valence-electron chi connectivity index (χ1n) is 9.95. The van der Waals surface area contributed by atoms with Gasteiger partial charge in [0, 0.05) is 11.9 Å². The molecule has 0 saturated carbocycles. The van der Waals surface area contributed by atoms with Crippen molar-refractivity contribution in [3.05, 3.63) is 100 Å². The molecule has 158 valence electrons. The van der Waals surface area contributed by atoms with Gasteiger partial charge in [0.15, 0.2) is 5.82 Å². The summed E-state index contributed by atoms with van der Waals surface area (Å²) in [7, 11) is 0. The maximum atomic E-state index is 14.0. The summed E-state index contributed by atoms with van der Waals surface area (Å²) >= 11 is 6.35. The van der Waals surface area contributed by atoms with Crippen LogP contribution in [-0.4, -0.2) is 19.5 Å². The second-order valence-corrected chi connectivity index (χ2v) is 7.76. The maximum Gasteiger partial charge on any atom is 0.264 e. The van der Waals surface area contributed by atoms with E-state index in [2.05, 4.69) is 20.3 Å². The van der Waals surface area contributed by atoms with Gasteiger partial charge in [-0.3, -0.25) is 14.3 Å². The molecule has 0 aliphatic heterocycles. The predicted molar refractivity (Wildman–Crippen MR) is 124 cm³/mol. The number of hydrogen-bond donors (Lipinski definition) is 1. The zero-order valence-electron chi connectivity index (χ0n) is 17.0. The molecule has 5 aromatic rings. The Morgan fingerprint density at radius 3 is 2.72 bits per heavy atom. The number of nitrogens with one attached hydrogen (secondary N) is 1. The molecule has 2 aromatic carbocycles. The smallest absolute Gasteiger partial charge is 0.264 e. The van der Waals surface area contributed by atoms with E-state index in [0.717, 1.165) is 0 Å². The fraction of sp³-hybridized carbons (Fsp3) is 0.0833. The molecule has 5 rings (SSSR count). The van der Waals surface area contributed by atoms with Crippen molar-refractivity contribution in [2.24, 2.45) is 0 Å². The second kappa shape index (κ2) is 8.01. The summed E-state index contributed by atoms with van der Waals surface area (Å²) in [5.74, 6) is 0.0961. The minimum atomic E-state index is -0.439. The molecule has 0 aliphatic carbocycles. The molecule has 0 aliphatic rings. The third-order valence-corrected chi connectivity index (χ3v) is 5.60. The number of fused-ring (bicyclic) bond motifs is 2. The number of nitrogens with zero attached hydrogens (tertiary/aromatic N) is 4. The molecule has 0 bridgehead atoms. The summed E-state index contributed by atoms with van der Waals surface area (Å²) in [4.78, 5) is 26.5. The third-order valence-electron chi connectivity index (χ3n) is 5.28. The van der Waals surface area contributed by atoms with Crippen LogP contribution >= 0.6 is 11.6 Å². The Hall–Kier alpha value is -3.84. The highest BCUT2D eigenvalue weighted by Crippen LogP contribution is 2.28. The van der Waals surface area contributed by atoms with E-state index in [4.69, 9.17) is 11.6 Å². The first-order chi connectivity index (χ1) is 15.5. The van der Waals surface area contributed by atoms with Gasteiger partial charge >= 0.3 is 0 Å². The van der Waals surface area contributed by atoms with Gasteiger partial charge in [-0.1, -0.05) is 29.8 Å². The summed E-state index contributed by atoms with van der Waals surface area (Å²) < 4.78 is 15.5. The molecule has 1 N–H and O–H groups in total. The lowest BCUT2D eigenvalue weighted by Gasteiger charge is -2.22. The molecule has 0 fully saturated rings. The van der Waals surface area contributed by atoms with Crippen molar-refractivity contribution in [3.63, 3.8) is 0 Å². The first kappa shape index (κ1) is 20.1. The minimum Gasteiger partial charge on any atom is -0.360 e. The fourth-order valence-corrected chi connectivity index (χ4v) is 4.08. The number of halogens is 2. The molecule has 3 heterocycles. The van der Waals surface area contributed by atoms with Crippen LogP contribution < -0.4 is 10.9 Å². The Morgan fingerprint density at radius 2 is 1.88 bits per heavy atom. The Morgan fingerprint density at radius 1 is 1.03 bits per heavy atom. The quantitative estimate of drug-likeness (QED) is 0.406. The Labute approximate surface area is 187 Å². The van der Waals surface area contributed by atoms with Crippen molar-refractivity contribution in [2.45, 2.75) is 13.0 Å². The van der Waals surface area contributed by atoms with Crippen molar-refractivity contribution < 1.29 is 4.39 Å². The standard InChI is InChI=1S/C24H17ClFN5O/c1-14(30-23-22-19(28-13-29-23)9-4-10-27-22)20-11-15-5-2-8-18(25)21(15)24(32)31(20)17-7-3-6-16(26)12-17/h2-14H,1H3,(H,28,29,30)/t14-/m0/s1. The van der Waals surface area contributed by atoms with E-state index >= 15 is 0 Å². The Bertz CT molecular complexity index is 1530. The van der Waals surface area contributed by atoms with Gasteiger partial charge in [0.1, 0.15) is 17.7 Å². The summed E-state index contributed by atoms with van der Waals surface area (Å²) in [6, 6.07) is 16.3. The fourth-order valence-electron chi connectivity index (χ4n) is 3.82. The number of pyridine rings is 2. The van der Waals surface area contributed by atoms with E-state index in [1.807, 2.05) is 25.1 Å². The lowest BCUT2D eigenvalue weighted by molar-refractivity contribution is 0.625. The summed E-state index contributed by atoms with van der Waals surface area (Å²) in [5.41, 5.74) is 2.02. The van der Waals surface area contributed by atoms with Crippen LogP contribution in [0.2, 0.25) is 5.02 Å². The summed E-state index contributed by atoms with van der Waals surface area (Å²) in [6.45, 7) is 1.90. The summed E-state index contributed by atoms with van der Waals surface area (Å²) in [6.07, 6.45) is 3.13. The molecular weight excluding hydrogens is 429 g/mol. The third kappa shape index (κ3) is 3.46. The van der Waals surface area contributed by atoms with Crippen LogP contribution in [0, 0.1) is 5.82 Å². The van der Waals surface area contributed by atoms with Crippen molar-refractivity contribution in [3.8, 4) is 5.69 Å². The van der Waals surface area contributed by atoms with Gasteiger partial charge in [-0.05, 0) is 54.8 Å². The molecule has 6 nitrogen and oxygen atoms in total. The highest BCUT2D eigenvalue weighted by molar-refractivity contribution is 6.35. The minimum absolute atomic E-state index is 0.326. The number of benzene rings is 2. The maximum absolute atomic E-state index is 14.0. The van der Waals surface area contributed by atoms with Gasteiger partial charge in [0.2, 0.25) is 0 Å². The molecule has 0 saturated heterocycles. The van der Waals surface area contributed by atoms with Gasteiger partial charge in [-0.2, -0.15) is 0 Å². The van der Waals surface area contributed by atoms with Gasteiger partial charge in [-0.25, -0.2) is 14.4 Å². The van der Waals surface area contributed by atoms with E-state index in [-0.39, 0.29) is 11.6 Å². The van der Waals surface area contributed by atoms with Crippen molar-refractivity contribution in [1.29, 1.82) is 0 Å². The van der Waals surface area contributed by atoms with Gasteiger partial charge in [0.25, 0.3) is 5.56 Å². The first-order valence-corrected chi connectivity index (χ1v) is 10.3. The normalized spacial score (nSPS) is 12.2. The lowest BCUT2D eigenvalue weighted by atomic mass is 10.1. The highest BCUT2D eigenvalue weighted by atomic mass is 35.5. The average molecular weight is 446 g/mol. The van der Waals surface area contributed by atoms with Crippen LogP contribution in [0.5, 0.6) is 0 Å². The van der Waals surface area contributed by atoms with Gasteiger partial charge < -0.3 is 5.32 Å². The largest absolute Gasteiger partial charge is 0.360 e. The molecule has 0 radical (unpaired) electrons. The van der Waals surface area contributed by atoms with E-state index in [9.17, 15) is 9.18 Å². The molecule has 0 spiro atoms. The van der Waals surface area contributed by atoms with E-state index < -0.39 is 5.82 Å². The molecular formula is C24H17ClFN5O. The van der Waals surface area contributed by atoms with Gasteiger partial charge in [-0.15, -0.1) is 0 Å². The number of rotatable bonds is 4. The van der Waals surface area contributed by atoms with Crippen molar-refractivity contribution >= 4 is 39.2 Å². The topological polar surface area (TPSA) is 72.7 Å². The molecule has 0 unspecified atom stereocenters. The van der Waals surface area contributed by atoms with Crippen LogP contribution in [0.3, 0.4) is 0 Å². The SMILES string of the molecule is C[C@H](Nc1ncnc2cccnc12)c1cc2cccc(Cl)c2c(=O)n1-c1cccc(F)c1. The Balaban J connectivity index is 1.72. The van der Waals surface area contributed by atoms with Crippen LogP contribution in [0.4, 0.5) is 10.2 Å².